The van der Waals surface area contributed by atoms with Crippen molar-refractivity contribution in [1.29, 1.82) is 0 Å². The van der Waals surface area contributed by atoms with E-state index in [9.17, 15) is 14.4 Å². The molecule has 1 atom stereocenters. The normalized spacial score (nSPS) is 17.8. The minimum absolute atomic E-state index is 0.0399. The summed E-state index contributed by atoms with van der Waals surface area (Å²) in [5.41, 5.74) is -1.66. The molecule has 2 heterocycles. The molecule has 0 spiro atoms. The third-order valence-electron chi connectivity index (χ3n) is 5.04. The Morgan fingerprint density at radius 3 is 2.43 bits per heavy atom. The van der Waals surface area contributed by atoms with Crippen LogP contribution in [0.5, 0.6) is 0 Å². The summed E-state index contributed by atoms with van der Waals surface area (Å²) in [5, 5.41) is 2.58. The Hall–Kier alpha value is -3.56. The summed E-state index contributed by atoms with van der Waals surface area (Å²) in [5.74, 6) is -0.699. The number of aldehydes is 1. The lowest BCUT2D eigenvalue weighted by Gasteiger charge is -2.33. The van der Waals surface area contributed by atoms with Crippen LogP contribution in [0.2, 0.25) is 0 Å². The smallest absolute Gasteiger partial charge is 0.413 e. The van der Waals surface area contributed by atoms with Gasteiger partial charge < -0.3 is 14.0 Å². The fraction of sp³-hybridized carbons (Fsp3) is 0.480. The molecule has 9 nitrogen and oxygen atoms in total. The molecule has 0 aliphatic carbocycles. The number of imidazole rings is 1. The standard InChI is InChI=1S/C25H31FN4O5/c1-23(2,3)34-19(32)11-15-8-9-18(26)17(10-15)25(7)14-30-16(13-31)12-27-21(30)20(29-25)28-22(33)35-24(4,5)6/h8-10,12-13H,11,14H2,1-7H3,(H,28,29,33). The van der Waals surface area contributed by atoms with Gasteiger partial charge in [0.15, 0.2) is 17.9 Å². The van der Waals surface area contributed by atoms with Crippen molar-refractivity contribution in [2.24, 2.45) is 4.99 Å². The van der Waals surface area contributed by atoms with Crippen LogP contribution in [0.15, 0.2) is 29.4 Å². The number of carbonyl (C=O) groups is 3. The van der Waals surface area contributed by atoms with E-state index >= 15 is 4.39 Å². The van der Waals surface area contributed by atoms with Gasteiger partial charge in [-0.3, -0.25) is 19.9 Å². The van der Waals surface area contributed by atoms with E-state index in [0.29, 0.717) is 11.8 Å². The molecule has 0 bridgehead atoms. The third kappa shape index (κ3) is 6.32. The Bertz CT molecular complexity index is 1190. The minimum Gasteiger partial charge on any atom is -0.460 e. The number of amidine groups is 1. The summed E-state index contributed by atoms with van der Waals surface area (Å²) >= 11 is 0. The summed E-state index contributed by atoms with van der Waals surface area (Å²) < 4.78 is 27.4. The van der Waals surface area contributed by atoms with Crippen molar-refractivity contribution >= 4 is 24.2 Å². The number of esters is 1. The Kier molecular flexibility index (Phi) is 6.88. The van der Waals surface area contributed by atoms with Crippen LogP contribution in [0.3, 0.4) is 0 Å². The van der Waals surface area contributed by atoms with Crippen LogP contribution < -0.4 is 5.32 Å². The molecule has 10 heteroatoms. The number of benzene rings is 1. The van der Waals surface area contributed by atoms with Crippen molar-refractivity contribution < 1.29 is 28.2 Å². The van der Waals surface area contributed by atoms with Gasteiger partial charge in [-0.1, -0.05) is 6.07 Å². The number of ether oxygens (including phenoxy) is 2. The quantitative estimate of drug-likeness (QED) is 0.518. The highest BCUT2D eigenvalue weighted by atomic mass is 19.1. The van der Waals surface area contributed by atoms with E-state index in [-0.39, 0.29) is 35.9 Å². The summed E-state index contributed by atoms with van der Waals surface area (Å²) in [6.45, 7) is 12.2. The number of carbonyl (C=O) groups excluding carboxylic acids is 3. The van der Waals surface area contributed by atoms with Crippen LogP contribution in [0.4, 0.5) is 9.18 Å². The van der Waals surface area contributed by atoms with Crippen molar-refractivity contribution in [2.45, 2.75) is 78.2 Å². The average Bonchev–Trinajstić information content (AvgIpc) is 3.09. The number of rotatable bonds is 4. The van der Waals surface area contributed by atoms with E-state index in [2.05, 4.69) is 15.3 Å². The van der Waals surface area contributed by atoms with Gasteiger partial charge in [-0.25, -0.2) is 14.2 Å². The van der Waals surface area contributed by atoms with Crippen LogP contribution in [-0.2, 0) is 32.8 Å². The second-order valence-corrected chi connectivity index (χ2v) is 10.6. The number of nitrogens with zero attached hydrogens (tertiary/aromatic N) is 3. The van der Waals surface area contributed by atoms with Gasteiger partial charge in [-0.05, 0) is 66.2 Å². The molecule has 1 aliphatic rings. The first-order chi connectivity index (χ1) is 16.1. The van der Waals surface area contributed by atoms with Gasteiger partial charge in [-0.2, -0.15) is 0 Å². The predicted octanol–water partition coefficient (Wildman–Crippen LogP) is 3.92. The summed E-state index contributed by atoms with van der Waals surface area (Å²) in [6, 6.07) is 4.33. The fourth-order valence-corrected chi connectivity index (χ4v) is 3.75. The van der Waals surface area contributed by atoms with Crippen LogP contribution in [0.1, 0.15) is 75.9 Å². The molecule has 2 aromatic rings. The summed E-state index contributed by atoms with van der Waals surface area (Å²) in [4.78, 5) is 45.3. The number of fused-ring (bicyclic) bond motifs is 1. The van der Waals surface area contributed by atoms with Crippen LogP contribution in [0, 0.1) is 5.82 Å². The Morgan fingerprint density at radius 1 is 1.17 bits per heavy atom. The first-order valence-electron chi connectivity index (χ1n) is 11.2. The zero-order valence-corrected chi connectivity index (χ0v) is 21.1. The zero-order chi connectivity index (χ0) is 26.2. The number of halogens is 1. The molecule has 1 N–H and O–H groups in total. The van der Waals surface area contributed by atoms with Crippen molar-refractivity contribution in [1.82, 2.24) is 14.9 Å². The second-order valence-electron chi connectivity index (χ2n) is 10.6. The number of aromatic nitrogens is 2. The molecular weight excluding hydrogens is 455 g/mol. The van der Waals surface area contributed by atoms with Gasteiger partial charge in [0, 0.05) is 5.56 Å². The van der Waals surface area contributed by atoms with Gasteiger partial charge in [0.25, 0.3) is 0 Å². The first kappa shape index (κ1) is 26.1. The van der Waals surface area contributed by atoms with E-state index in [0.717, 1.165) is 0 Å². The van der Waals surface area contributed by atoms with Gasteiger partial charge in [0.2, 0.25) is 0 Å². The summed E-state index contributed by atoms with van der Waals surface area (Å²) in [6.07, 6.45) is 1.17. The SMILES string of the molecule is CC(C)(C)OC(=O)Cc1ccc(F)c(C2(C)Cn3c(C=O)cnc3C(NC(=O)OC(C)(C)C)=N2)c1. The Morgan fingerprint density at radius 2 is 1.83 bits per heavy atom. The van der Waals surface area contributed by atoms with E-state index in [1.807, 2.05) is 0 Å². The van der Waals surface area contributed by atoms with Crippen molar-refractivity contribution in [3.05, 3.63) is 52.9 Å². The average molecular weight is 487 g/mol. The number of nitrogens with one attached hydrogen (secondary N) is 1. The van der Waals surface area contributed by atoms with Crippen molar-refractivity contribution in [3.63, 3.8) is 0 Å². The maximum Gasteiger partial charge on any atom is 0.413 e. The van der Waals surface area contributed by atoms with Crippen LogP contribution in [0.25, 0.3) is 0 Å². The molecule has 188 valence electrons. The molecule has 0 saturated carbocycles. The predicted molar refractivity (Wildman–Crippen MR) is 127 cm³/mol. The van der Waals surface area contributed by atoms with Crippen molar-refractivity contribution in [3.8, 4) is 0 Å². The molecule has 3 rings (SSSR count). The Labute approximate surface area is 203 Å². The zero-order valence-electron chi connectivity index (χ0n) is 21.1. The molecule has 1 amide bonds. The lowest BCUT2D eigenvalue weighted by Crippen LogP contribution is -2.44. The van der Waals surface area contributed by atoms with Gasteiger partial charge in [0.1, 0.15) is 28.3 Å². The van der Waals surface area contributed by atoms with E-state index < -0.39 is 34.6 Å². The first-order valence-corrected chi connectivity index (χ1v) is 11.2. The highest BCUT2D eigenvalue weighted by Gasteiger charge is 2.38. The maximum absolute atomic E-state index is 15.1. The van der Waals surface area contributed by atoms with Crippen LogP contribution in [-0.4, -0.2) is 44.9 Å². The molecule has 0 fully saturated rings. The summed E-state index contributed by atoms with van der Waals surface area (Å²) in [7, 11) is 0. The molecule has 0 radical (unpaired) electrons. The van der Waals surface area contributed by atoms with E-state index in [1.54, 1.807) is 59.1 Å². The van der Waals surface area contributed by atoms with Gasteiger partial charge in [-0.15, -0.1) is 0 Å². The lowest BCUT2D eigenvalue weighted by atomic mass is 9.89. The number of hydrogen-bond acceptors (Lipinski definition) is 7. The number of aliphatic imine (C=N–C) groups is 1. The Balaban J connectivity index is 2.02. The molecular formula is C25H31FN4O5. The second kappa shape index (κ2) is 9.24. The maximum atomic E-state index is 15.1. The monoisotopic (exact) mass is 486 g/mol. The number of alkyl carbamates (subject to hydrolysis) is 1. The molecule has 0 saturated heterocycles. The number of amides is 1. The topological polar surface area (TPSA) is 112 Å². The molecule has 35 heavy (non-hydrogen) atoms. The fourth-order valence-electron chi connectivity index (χ4n) is 3.75. The highest BCUT2D eigenvalue weighted by molar-refractivity contribution is 6.05. The van der Waals surface area contributed by atoms with Gasteiger partial charge >= 0.3 is 12.1 Å². The molecule has 1 aromatic heterocycles. The molecule has 1 unspecified atom stereocenters. The van der Waals surface area contributed by atoms with E-state index in [4.69, 9.17) is 9.47 Å². The van der Waals surface area contributed by atoms with Crippen molar-refractivity contribution in [2.75, 3.05) is 0 Å². The van der Waals surface area contributed by atoms with Crippen LogP contribution >= 0.6 is 0 Å². The van der Waals surface area contributed by atoms with E-state index in [1.165, 1.54) is 18.3 Å². The third-order valence-corrected chi connectivity index (χ3v) is 5.04. The minimum atomic E-state index is -1.23. The van der Waals surface area contributed by atoms with Gasteiger partial charge in [0.05, 0.1) is 19.2 Å². The number of hydrogen-bond donors (Lipinski definition) is 1. The molecule has 1 aliphatic heterocycles. The largest absolute Gasteiger partial charge is 0.460 e. The molecule has 1 aromatic carbocycles. The lowest BCUT2D eigenvalue weighted by molar-refractivity contribution is -0.153. The highest BCUT2D eigenvalue weighted by Crippen LogP contribution is 2.35.